The minimum atomic E-state index is 0.0477. The van der Waals surface area contributed by atoms with Gasteiger partial charge in [0.1, 0.15) is 11.5 Å². The summed E-state index contributed by atoms with van der Waals surface area (Å²) in [5, 5.41) is 9.02. The summed E-state index contributed by atoms with van der Waals surface area (Å²) in [5.74, 6) is 1.56. The van der Waals surface area contributed by atoms with Crippen molar-refractivity contribution in [2.24, 2.45) is 0 Å². The third kappa shape index (κ3) is 3.30. The number of hydrogen-bond donors (Lipinski definition) is 1. The van der Waals surface area contributed by atoms with E-state index in [0.717, 1.165) is 17.1 Å². The Morgan fingerprint density at radius 2 is 1.14 bits per heavy atom. The van der Waals surface area contributed by atoms with Gasteiger partial charge in [-0.05, 0) is 41.0 Å². The number of aliphatic hydroxyl groups is 1. The molecular formula is C19H16O2. The molecule has 0 aromatic heterocycles. The van der Waals surface area contributed by atoms with Crippen LogP contribution >= 0.6 is 0 Å². The van der Waals surface area contributed by atoms with E-state index >= 15 is 0 Å². The standard InChI is InChI=1S/C19H16O2/c20-14-15-6-10-18(11-7-15)21-19-12-8-17(9-13-19)16-4-2-1-3-5-16/h1-13,20H,14H2. The third-order valence-electron chi connectivity index (χ3n) is 3.30. The van der Waals surface area contributed by atoms with E-state index in [2.05, 4.69) is 12.1 Å². The molecule has 21 heavy (non-hydrogen) atoms. The van der Waals surface area contributed by atoms with Crippen LogP contribution in [-0.2, 0) is 6.61 Å². The average Bonchev–Trinajstić information content (AvgIpc) is 2.57. The number of benzene rings is 3. The Kier molecular flexibility index (Phi) is 3.99. The molecule has 0 fully saturated rings. The Hall–Kier alpha value is -2.58. The maximum Gasteiger partial charge on any atom is 0.127 e. The zero-order valence-electron chi connectivity index (χ0n) is 11.6. The van der Waals surface area contributed by atoms with Crippen molar-refractivity contribution < 1.29 is 9.84 Å². The predicted molar refractivity (Wildman–Crippen MR) is 84.3 cm³/mol. The highest BCUT2D eigenvalue weighted by Gasteiger charge is 2.00. The predicted octanol–water partition coefficient (Wildman–Crippen LogP) is 4.64. The number of aliphatic hydroxyl groups excluding tert-OH is 1. The lowest BCUT2D eigenvalue weighted by atomic mass is 10.1. The normalized spacial score (nSPS) is 10.3. The van der Waals surface area contributed by atoms with Crippen LogP contribution in [0.5, 0.6) is 11.5 Å². The molecular weight excluding hydrogens is 260 g/mol. The van der Waals surface area contributed by atoms with Gasteiger partial charge in [0.15, 0.2) is 0 Å². The fourth-order valence-corrected chi connectivity index (χ4v) is 2.15. The fourth-order valence-electron chi connectivity index (χ4n) is 2.15. The van der Waals surface area contributed by atoms with Gasteiger partial charge in [0.25, 0.3) is 0 Å². The second kappa shape index (κ2) is 6.25. The molecule has 0 radical (unpaired) electrons. The van der Waals surface area contributed by atoms with E-state index in [1.54, 1.807) is 0 Å². The molecule has 0 spiro atoms. The van der Waals surface area contributed by atoms with E-state index in [9.17, 15) is 0 Å². The van der Waals surface area contributed by atoms with Gasteiger partial charge in [-0.15, -0.1) is 0 Å². The summed E-state index contributed by atoms with van der Waals surface area (Å²) in [4.78, 5) is 0. The lowest BCUT2D eigenvalue weighted by Gasteiger charge is -2.07. The van der Waals surface area contributed by atoms with Gasteiger partial charge in [0.2, 0.25) is 0 Å². The zero-order valence-corrected chi connectivity index (χ0v) is 11.6. The molecule has 2 nitrogen and oxygen atoms in total. The monoisotopic (exact) mass is 276 g/mol. The molecule has 0 aliphatic carbocycles. The summed E-state index contributed by atoms with van der Waals surface area (Å²) in [6, 6.07) is 25.7. The second-order valence-electron chi connectivity index (χ2n) is 4.79. The Morgan fingerprint density at radius 3 is 1.71 bits per heavy atom. The molecule has 0 saturated carbocycles. The van der Waals surface area contributed by atoms with Gasteiger partial charge in [-0.3, -0.25) is 0 Å². The molecule has 1 N–H and O–H groups in total. The Balaban J connectivity index is 1.75. The van der Waals surface area contributed by atoms with Crippen LogP contribution in [0.3, 0.4) is 0 Å². The lowest BCUT2D eigenvalue weighted by molar-refractivity contribution is 0.281. The van der Waals surface area contributed by atoms with Crippen molar-refractivity contribution in [1.29, 1.82) is 0 Å². The van der Waals surface area contributed by atoms with Crippen molar-refractivity contribution in [1.82, 2.24) is 0 Å². The molecule has 3 rings (SSSR count). The summed E-state index contributed by atoms with van der Waals surface area (Å²) < 4.78 is 5.79. The highest BCUT2D eigenvalue weighted by molar-refractivity contribution is 5.64. The van der Waals surface area contributed by atoms with E-state index in [4.69, 9.17) is 9.84 Å². The van der Waals surface area contributed by atoms with Crippen molar-refractivity contribution in [3.8, 4) is 22.6 Å². The van der Waals surface area contributed by atoms with Crippen LogP contribution in [0, 0.1) is 0 Å². The van der Waals surface area contributed by atoms with Gasteiger partial charge >= 0.3 is 0 Å². The fraction of sp³-hybridized carbons (Fsp3) is 0.0526. The van der Waals surface area contributed by atoms with Crippen LogP contribution in [0.1, 0.15) is 5.56 Å². The second-order valence-corrected chi connectivity index (χ2v) is 4.79. The average molecular weight is 276 g/mol. The van der Waals surface area contributed by atoms with E-state index in [1.165, 1.54) is 11.1 Å². The molecule has 3 aromatic carbocycles. The topological polar surface area (TPSA) is 29.5 Å². The first-order valence-corrected chi connectivity index (χ1v) is 6.88. The maximum absolute atomic E-state index is 9.02. The van der Waals surface area contributed by atoms with Crippen LogP contribution in [0.4, 0.5) is 0 Å². The number of ether oxygens (including phenoxy) is 1. The van der Waals surface area contributed by atoms with Gasteiger partial charge in [-0.2, -0.15) is 0 Å². The molecule has 0 atom stereocenters. The molecule has 104 valence electrons. The van der Waals surface area contributed by atoms with Crippen molar-refractivity contribution >= 4 is 0 Å². The number of hydrogen-bond acceptors (Lipinski definition) is 2. The maximum atomic E-state index is 9.02. The van der Waals surface area contributed by atoms with Crippen LogP contribution < -0.4 is 4.74 Å². The first kappa shape index (κ1) is 13.4. The van der Waals surface area contributed by atoms with Crippen LogP contribution in [0.15, 0.2) is 78.9 Å². The van der Waals surface area contributed by atoms with Crippen LogP contribution in [0.2, 0.25) is 0 Å². The van der Waals surface area contributed by atoms with E-state index in [-0.39, 0.29) is 6.61 Å². The van der Waals surface area contributed by atoms with Crippen LogP contribution in [-0.4, -0.2) is 5.11 Å². The minimum Gasteiger partial charge on any atom is -0.457 e. The molecule has 0 bridgehead atoms. The summed E-state index contributed by atoms with van der Waals surface area (Å²) in [6.45, 7) is 0.0477. The quantitative estimate of drug-likeness (QED) is 0.752. The highest BCUT2D eigenvalue weighted by atomic mass is 16.5. The summed E-state index contributed by atoms with van der Waals surface area (Å²) in [5.41, 5.74) is 3.23. The third-order valence-corrected chi connectivity index (χ3v) is 3.30. The first-order valence-electron chi connectivity index (χ1n) is 6.88. The van der Waals surface area contributed by atoms with Gasteiger partial charge in [-0.25, -0.2) is 0 Å². The first-order chi connectivity index (χ1) is 10.3. The molecule has 0 aliphatic rings. The molecule has 0 aliphatic heterocycles. The molecule has 2 heteroatoms. The zero-order chi connectivity index (χ0) is 14.5. The van der Waals surface area contributed by atoms with E-state index < -0.39 is 0 Å². The largest absolute Gasteiger partial charge is 0.457 e. The highest BCUT2D eigenvalue weighted by Crippen LogP contribution is 2.25. The molecule has 0 amide bonds. The van der Waals surface area contributed by atoms with E-state index in [1.807, 2.05) is 66.7 Å². The Bertz CT molecular complexity index is 686. The van der Waals surface area contributed by atoms with Crippen molar-refractivity contribution in [2.45, 2.75) is 6.61 Å². The van der Waals surface area contributed by atoms with Gasteiger partial charge in [0, 0.05) is 0 Å². The molecule has 0 saturated heterocycles. The summed E-state index contributed by atoms with van der Waals surface area (Å²) in [7, 11) is 0. The summed E-state index contributed by atoms with van der Waals surface area (Å²) >= 11 is 0. The molecule has 0 heterocycles. The van der Waals surface area contributed by atoms with Gasteiger partial charge < -0.3 is 9.84 Å². The molecule has 0 unspecified atom stereocenters. The van der Waals surface area contributed by atoms with Gasteiger partial charge in [0.05, 0.1) is 6.61 Å². The SMILES string of the molecule is OCc1ccc(Oc2ccc(-c3ccccc3)cc2)cc1. The van der Waals surface area contributed by atoms with E-state index in [0.29, 0.717) is 0 Å². The lowest BCUT2D eigenvalue weighted by Crippen LogP contribution is -1.86. The minimum absolute atomic E-state index is 0.0477. The van der Waals surface area contributed by atoms with Crippen molar-refractivity contribution in [3.05, 3.63) is 84.4 Å². The van der Waals surface area contributed by atoms with Crippen molar-refractivity contribution in [3.63, 3.8) is 0 Å². The van der Waals surface area contributed by atoms with Crippen molar-refractivity contribution in [2.75, 3.05) is 0 Å². The van der Waals surface area contributed by atoms with Gasteiger partial charge in [-0.1, -0.05) is 54.6 Å². The smallest absolute Gasteiger partial charge is 0.127 e. The number of rotatable bonds is 4. The van der Waals surface area contributed by atoms with Crippen LogP contribution in [0.25, 0.3) is 11.1 Å². The summed E-state index contributed by atoms with van der Waals surface area (Å²) in [6.07, 6.45) is 0. The Labute approximate surface area is 124 Å². The molecule has 3 aromatic rings. The Morgan fingerprint density at radius 1 is 0.619 bits per heavy atom.